The van der Waals surface area contributed by atoms with Crippen molar-refractivity contribution >= 4 is 17.6 Å². The Balaban J connectivity index is 1.87. The zero-order valence-electron chi connectivity index (χ0n) is 16.1. The van der Waals surface area contributed by atoms with E-state index in [1.165, 1.54) is 7.11 Å². The molecule has 4 N–H and O–H groups in total. The highest BCUT2D eigenvalue weighted by Crippen LogP contribution is 2.39. The monoisotopic (exact) mass is 413 g/mol. The maximum Gasteiger partial charge on any atom is 0.341 e. The van der Waals surface area contributed by atoms with Crippen molar-refractivity contribution in [3.05, 3.63) is 82.4 Å². The zero-order valence-corrected chi connectivity index (χ0v) is 16.9. The fraction of sp³-hybridized carbons (Fsp3) is 0.261. The molecule has 2 unspecified atom stereocenters. The Bertz CT molecular complexity index is 955. The van der Waals surface area contributed by atoms with Gasteiger partial charge in [-0.3, -0.25) is 0 Å². The van der Waals surface area contributed by atoms with Gasteiger partial charge in [-0.1, -0.05) is 66.2 Å². The number of phenols is 2. The third-order valence-electron chi connectivity index (χ3n) is 5.32. The van der Waals surface area contributed by atoms with Crippen molar-refractivity contribution in [2.24, 2.45) is 11.7 Å². The summed E-state index contributed by atoms with van der Waals surface area (Å²) in [4.78, 5) is 12.2. The van der Waals surface area contributed by atoms with Gasteiger partial charge in [-0.15, -0.1) is 0 Å². The molecule has 6 heteroatoms. The van der Waals surface area contributed by atoms with Gasteiger partial charge in [0.05, 0.1) is 12.1 Å². The van der Waals surface area contributed by atoms with E-state index in [1.807, 2.05) is 54.6 Å². The molecule has 0 aliphatic heterocycles. The Morgan fingerprint density at radius 3 is 2.62 bits per heavy atom. The molecule has 0 aromatic heterocycles. The summed E-state index contributed by atoms with van der Waals surface area (Å²) in [6.07, 6.45) is 9.47. The highest BCUT2D eigenvalue weighted by molar-refractivity contribution is 6.33. The van der Waals surface area contributed by atoms with Crippen LogP contribution in [0.3, 0.4) is 0 Å². The second-order valence-electron chi connectivity index (χ2n) is 7.24. The minimum absolute atomic E-state index is 0.0289. The largest absolute Gasteiger partial charge is 0.507 e. The molecule has 152 valence electrons. The molecule has 2 aromatic rings. The van der Waals surface area contributed by atoms with E-state index in [4.69, 9.17) is 22.1 Å². The quantitative estimate of drug-likeness (QED) is 0.618. The molecule has 1 aliphatic rings. The Morgan fingerprint density at radius 2 is 1.93 bits per heavy atom. The first kappa shape index (κ1) is 21.0. The molecule has 2 aromatic carbocycles. The number of carbonyl (C=O) groups excluding carboxylic acids is 1. The number of aromatic hydroxyl groups is 2. The lowest BCUT2D eigenvalue weighted by Gasteiger charge is -2.35. The maximum atomic E-state index is 12.2. The first-order chi connectivity index (χ1) is 13.9. The van der Waals surface area contributed by atoms with Crippen molar-refractivity contribution in [2.45, 2.75) is 24.8 Å². The van der Waals surface area contributed by atoms with Crippen LogP contribution in [-0.2, 0) is 17.6 Å². The minimum Gasteiger partial charge on any atom is -0.507 e. The predicted molar refractivity (Wildman–Crippen MR) is 113 cm³/mol. The molecule has 3 rings (SSSR count). The smallest absolute Gasteiger partial charge is 0.341 e. The SMILES string of the molecule is COC(=O)c1c(O)cc(O)c(Cl)c1CCC1C=CC=CC1(N)Cc1ccccc1. The van der Waals surface area contributed by atoms with E-state index in [-0.39, 0.29) is 28.0 Å². The van der Waals surface area contributed by atoms with E-state index in [2.05, 4.69) is 0 Å². The third kappa shape index (κ3) is 4.47. The van der Waals surface area contributed by atoms with Crippen molar-refractivity contribution in [1.82, 2.24) is 0 Å². The molecule has 0 saturated carbocycles. The highest BCUT2D eigenvalue weighted by atomic mass is 35.5. The number of phenolic OH excluding ortho intramolecular Hbond substituents is 2. The van der Waals surface area contributed by atoms with Crippen molar-refractivity contribution in [2.75, 3.05) is 7.11 Å². The fourth-order valence-electron chi connectivity index (χ4n) is 3.79. The minimum atomic E-state index is -0.707. The van der Waals surface area contributed by atoms with Crippen LogP contribution in [0.4, 0.5) is 0 Å². The van der Waals surface area contributed by atoms with Gasteiger partial charge >= 0.3 is 5.97 Å². The molecule has 0 fully saturated rings. The number of benzene rings is 2. The lowest BCUT2D eigenvalue weighted by Crippen LogP contribution is -2.47. The first-order valence-corrected chi connectivity index (χ1v) is 9.74. The van der Waals surface area contributed by atoms with Gasteiger partial charge in [0.15, 0.2) is 0 Å². The van der Waals surface area contributed by atoms with Crippen LogP contribution in [0.2, 0.25) is 5.02 Å². The number of methoxy groups -OCH3 is 1. The number of carbonyl (C=O) groups is 1. The number of halogens is 1. The average Bonchev–Trinajstić information content (AvgIpc) is 2.70. The molecule has 2 atom stereocenters. The second-order valence-corrected chi connectivity index (χ2v) is 7.62. The molecule has 0 spiro atoms. The van der Waals surface area contributed by atoms with Crippen LogP contribution < -0.4 is 5.73 Å². The summed E-state index contributed by atoms with van der Waals surface area (Å²) < 4.78 is 4.78. The number of hydrogen-bond donors (Lipinski definition) is 3. The van der Waals surface area contributed by atoms with E-state index in [9.17, 15) is 15.0 Å². The molecule has 0 saturated heterocycles. The van der Waals surface area contributed by atoms with Gasteiger partial charge < -0.3 is 20.7 Å². The number of nitrogens with two attached hydrogens (primary N) is 1. The summed E-state index contributed by atoms with van der Waals surface area (Å²) in [6, 6.07) is 11.0. The molecule has 0 heterocycles. The second kappa shape index (κ2) is 8.72. The molecular formula is C23H24ClNO4. The third-order valence-corrected chi connectivity index (χ3v) is 5.74. The molecule has 29 heavy (non-hydrogen) atoms. The topological polar surface area (TPSA) is 92.8 Å². The number of esters is 1. The van der Waals surface area contributed by atoms with E-state index in [1.54, 1.807) is 0 Å². The van der Waals surface area contributed by atoms with Crippen LogP contribution in [0.5, 0.6) is 11.5 Å². The lowest BCUT2D eigenvalue weighted by atomic mass is 9.74. The highest BCUT2D eigenvalue weighted by Gasteiger charge is 2.33. The van der Waals surface area contributed by atoms with Crippen molar-refractivity contribution in [3.63, 3.8) is 0 Å². The Kier molecular flexibility index (Phi) is 6.30. The van der Waals surface area contributed by atoms with E-state index >= 15 is 0 Å². The number of ether oxygens (including phenoxy) is 1. The number of hydrogen-bond acceptors (Lipinski definition) is 5. The van der Waals surface area contributed by atoms with Crippen LogP contribution in [0, 0.1) is 5.92 Å². The van der Waals surface area contributed by atoms with Crippen molar-refractivity contribution in [3.8, 4) is 11.5 Å². The number of rotatable bonds is 6. The van der Waals surface area contributed by atoms with Crippen LogP contribution in [-0.4, -0.2) is 28.8 Å². The summed E-state index contributed by atoms with van der Waals surface area (Å²) in [5, 5.41) is 20.2. The van der Waals surface area contributed by atoms with Gasteiger partial charge in [0.2, 0.25) is 0 Å². The Hall–Kier alpha value is -2.76. The van der Waals surface area contributed by atoms with Crippen molar-refractivity contribution < 1.29 is 19.7 Å². The van der Waals surface area contributed by atoms with E-state index in [0.29, 0.717) is 24.8 Å². The molecule has 0 bridgehead atoms. The fourth-order valence-corrected chi connectivity index (χ4v) is 4.03. The van der Waals surface area contributed by atoms with Gasteiger partial charge in [-0.05, 0) is 36.3 Å². The Labute approximate surface area is 175 Å². The van der Waals surface area contributed by atoms with Crippen LogP contribution >= 0.6 is 11.6 Å². The predicted octanol–water partition coefficient (Wildman–Crippen LogP) is 4.15. The van der Waals surface area contributed by atoms with E-state index in [0.717, 1.165) is 11.6 Å². The zero-order chi connectivity index (χ0) is 21.0. The molecule has 0 radical (unpaired) electrons. The maximum absolute atomic E-state index is 12.2. The molecule has 1 aliphatic carbocycles. The summed E-state index contributed by atoms with van der Waals surface area (Å²) in [7, 11) is 1.23. The molecular weight excluding hydrogens is 390 g/mol. The van der Waals surface area contributed by atoms with Gasteiger partial charge in [0.1, 0.15) is 17.1 Å². The van der Waals surface area contributed by atoms with Crippen molar-refractivity contribution in [1.29, 1.82) is 0 Å². The average molecular weight is 414 g/mol. The summed E-state index contributed by atoms with van der Waals surface area (Å²) >= 11 is 6.26. The van der Waals surface area contributed by atoms with Gasteiger partial charge in [-0.2, -0.15) is 0 Å². The van der Waals surface area contributed by atoms with Gasteiger partial charge in [-0.25, -0.2) is 4.79 Å². The summed E-state index contributed by atoms with van der Waals surface area (Å²) in [6.45, 7) is 0. The van der Waals surface area contributed by atoms with Gasteiger partial charge in [0, 0.05) is 11.6 Å². The first-order valence-electron chi connectivity index (χ1n) is 9.36. The normalized spacial score (nSPS) is 20.6. The van der Waals surface area contributed by atoms with Crippen LogP contribution in [0.1, 0.15) is 27.9 Å². The van der Waals surface area contributed by atoms with E-state index < -0.39 is 11.5 Å². The van der Waals surface area contributed by atoms with Crippen LogP contribution in [0.25, 0.3) is 0 Å². The summed E-state index contributed by atoms with van der Waals surface area (Å²) in [5.74, 6) is -1.38. The Morgan fingerprint density at radius 1 is 1.21 bits per heavy atom. The number of allylic oxidation sites excluding steroid dienone is 2. The standard InChI is InChI=1S/C23H24ClNO4/c1-29-22(28)20-17(21(24)19(27)13-18(20)26)11-10-16-9-5-6-12-23(16,25)14-15-7-3-2-4-8-15/h2-9,12-13,16,26-27H,10-11,14,25H2,1H3. The van der Waals surface area contributed by atoms with Gasteiger partial charge in [0.25, 0.3) is 0 Å². The molecule has 5 nitrogen and oxygen atoms in total. The lowest BCUT2D eigenvalue weighted by molar-refractivity contribution is 0.0596. The molecule has 0 amide bonds. The van der Waals surface area contributed by atoms with Crippen LogP contribution in [0.15, 0.2) is 60.7 Å². The summed E-state index contributed by atoms with van der Waals surface area (Å²) in [5.41, 5.74) is 7.60.